The number of hydrogen-bond donors (Lipinski definition) is 0. The van der Waals surface area contributed by atoms with Gasteiger partial charge in [-0.25, -0.2) is 4.79 Å². The Balaban J connectivity index is 1.42. The normalized spacial score (nSPS) is 15.6. The zero-order chi connectivity index (χ0) is 22.2. The SMILES string of the molecule is O=C(Oc1ccc2c(c1)O/C(=C\c1cc(Br)cc3c1OCOC3)C2=O)c1ccccc1Cl. The smallest absolute Gasteiger partial charge is 0.345 e. The average Bonchev–Trinajstić information content (AvgIpc) is 3.08. The molecular formula is C24H14BrClO6. The summed E-state index contributed by atoms with van der Waals surface area (Å²) in [6.07, 6.45) is 1.63. The molecule has 0 aromatic heterocycles. The Labute approximate surface area is 196 Å². The van der Waals surface area contributed by atoms with Crippen molar-refractivity contribution >= 4 is 45.4 Å². The Kier molecular flexibility index (Phi) is 5.46. The molecule has 0 amide bonds. The van der Waals surface area contributed by atoms with Crippen LogP contribution in [-0.4, -0.2) is 18.5 Å². The van der Waals surface area contributed by atoms with Crippen LogP contribution in [0.5, 0.6) is 17.2 Å². The van der Waals surface area contributed by atoms with E-state index in [1.54, 1.807) is 42.5 Å². The fraction of sp³-hybridized carbons (Fsp3) is 0.0833. The summed E-state index contributed by atoms with van der Waals surface area (Å²) < 4.78 is 23.0. The number of fused-ring (bicyclic) bond motifs is 2. The van der Waals surface area contributed by atoms with Crippen molar-refractivity contribution < 1.29 is 28.5 Å². The molecular weight excluding hydrogens is 500 g/mol. The number of esters is 1. The van der Waals surface area contributed by atoms with Gasteiger partial charge in [-0.1, -0.05) is 39.7 Å². The van der Waals surface area contributed by atoms with Crippen molar-refractivity contribution in [2.24, 2.45) is 0 Å². The predicted molar refractivity (Wildman–Crippen MR) is 120 cm³/mol. The third kappa shape index (κ3) is 3.90. The minimum Gasteiger partial charge on any atom is -0.467 e. The molecule has 160 valence electrons. The number of benzene rings is 3. The van der Waals surface area contributed by atoms with Gasteiger partial charge < -0.3 is 18.9 Å². The van der Waals surface area contributed by atoms with Gasteiger partial charge in [0.1, 0.15) is 17.2 Å². The van der Waals surface area contributed by atoms with Gasteiger partial charge >= 0.3 is 5.97 Å². The van der Waals surface area contributed by atoms with Crippen LogP contribution in [0.2, 0.25) is 5.02 Å². The van der Waals surface area contributed by atoms with Crippen LogP contribution in [0.4, 0.5) is 0 Å². The molecule has 3 aromatic rings. The number of ether oxygens (including phenoxy) is 4. The Morgan fingerprint density at radius 3 is 2.81 bits per heavy atom. The minimum absolute atomic E-state index is 0.139. The van der Waals surface area contributed by atoms with Gasteiger partial charge in [-0.05, 0) is 42.5 Å². The van der Waals surface area contributed by atoms with Gasteiger partial charge in [0.15, 0.2) is 12.6 Å². The van der Waals surface area contributed by atoms with Crippen molar-refractivity contribution in [3.05, 3.63) is 92.1 Å². The Morgan fingerprint density at radius 2 is 1.97 bits per heavy atom. The van der Waals surface area contributed by atoms with E-state index < -0.39 is 5.97 Å². The molecule has 2 heterocycles. The average molecular weight is 514 g/mol. The maximum absolute atomic E-state index is 12.9. The fourth-order valence-electron chi connectivity index (χ4n) is 3.48. The van der Waals surface area contributed by atoms with E-state index in [1.165, 1.54) is 6.07 Å². The number of Topliss-reactive ketones (excluding diaryl/α,β-unsaturated/α-hetero) is 1. The van der Waals surface area contributed by atoms with Gasteiger partial charge in [0.25, 0.3) is 0 Å². The van der Waals surface area contributed by atoms with Crippen LogP contribution in [-0.2, 0) is 11.3 Å². The number of carbonyl (C=O) groups is 2. The zero-order valence-corrected chi connectivity index (χ0v) is 18.7. The highest BCUT2D eigenvalue weighted by Crippen LogP contribution is 2.38. The lowest BCUT2D eigenvalue weighted by Gasteiger charge is -2.20. The van der Waals surface area contributed by atoms with Crippen LogP contribution in [0.15, 0.2) is 64.8 Å². The van der Waals surface area contributed by atoms with Crippen LogP contribution in [0, 0.1) is 0 Å². The lowest BCUT2D eigenvalue weighted by Crippen LogP contribution is -2.12. The number of halogens is 2. The molecule has 8 heteroatoms. The van der Waals surface area contributed by atoms with Gasteiger partial charge in [-0.3, -0.25) is 4.79 Å². The highest BCUT2D eigenvalue weighted by Gasteiger charge is 2.29. The zero-order valence-electron chi connectivity index (χ0n) is 16.4. The fourth-order valence-corrected chi connectivity index (χ4v) is 4.21. The third-order valence-corrected chi connectivity index (χ3v) is 5.72. The van der Waals surface area contributed by atoms with E-state index >= 15 is 0 Å². The maximum Gasteiger partial charge on any atom is 0.345 e. The molecule has 5 rings (SSSR count). The summed E-state index contributed by atoms with van der Waals surface area (Å²) in [5.74, 6) is 0.459. The highest BCUT2D eigenvalue weighted by atomic mass is 79.9. The molecule has 0 fully saturated rings. The third-order valence-electron chi connectivity index (χ3n) is 4.94. The van der Waals surface area contributed by atoms with Gasteiger partial charge in [0, 0.05) is 21.7 Å². The van der Waals surface area contributed by atoms with E-state index in [9.17, 15) is 9.59 Å². The number of carbonyl (C=O) groups excluding carboxylic acids is 2. The molecule has 0 N–H and O–H groups in total. The van der Waals surface area contributed by atoms with Crippen LogP contribution >= 0.6 is 27.5 Å². The molecule has 2 aliphatic heterocycles. The van der Waals surface area contributed by atoms with Gasteiger partial charge in [-0.2, -0.15) is 0 Å². The van der Waals surface area contributed by atoms with E-state index in [4.69, 9.17) is 30.5 Å². The van der Waals surface area contributed by atoms with E-state index in [2.05, 4.69) is 15.9 Å². The molecule has 0 aliphatic carbocycles. The highest BCUT2D eigenvalue weighted by molar-refractivity contribution is 9.10. The molecule has 0 saturated carbocycles. The molecule has 32 heavy (non-hydrogen) atoms. The van der Waals surface area contributed by atoms with Crippen molar-refractivity contribution in [1.82, 2.24) is 0 Å². The molecule has 2 aliphatic rings. The lowest BCUT2D eigenvalue weighted by molar-refractivity contribution is -0.0165. The molecule has 0 bridgehead atoms. The van der Waals surface area contributed by atoms with Crippen molar-refractivity contribution in [1.29, 1.82) is 0 Å². The molecule has 0 unspecified atom stereocenters. The first-order valence-electron chi connectivity index (χ1n) is 9.57. The van der Waals surface area contributed by atoms with Crippen LogP contribution in [0.1, 0.15) is 31.8 Å². The Bertz CT molecular complexity index is 1300. The first kappa shape index (κ1) is 20.8. The summed E-state index contributed by atoms with van der Waals surface area (Å²) >= 11 is 9.52. The first-order chi connectivity index (χ1) is 15.5. The second-order valence-electron chi connectivity index (χ2n) is 7.06. The van der Waals surface area contributed by atoms with Crippen LogP contribution in [0.25, 0.3) is 6.08 Å². The lowest BCUT2D eigenvalue weighted by atomic mass is 10.1. The molecule has 6 nitrogen and oxygen atoms in total. The molecule has 0 spiro atoms. The summed E-state index contributed by atoms with van der Waals surface area (Å²) in [7, 11) is 0. The monoisotopic (exact) mass is 512 g/mol. The van der Waals surface area contributed by atoms with Crippen LogP contribution < -0.4 is 14.2 Å². The molecule has 0 saturated heterocycles. The Morgan fingerprint density at radius 1 is 1.12 bits per heavy atom. The summed E-state index contributed by atoms with van der Waals surface area (Å²) in [6, 6.07) is 15.0. The molecule has 3 aromatic carbocycles. The minimum atomic E-state index is -0.601. The Hall–Kier alpha value is -3.13. The van der Waals surface area contributed by atoms with Crippen molar-refractivity contribution in [2.75, 3.05) is 6.79 Å². The maximum atomic E-state index is 12.9. The van der Waals surface area contributed by atoms with Crippen molar-refractivity contribution in [2.45, 2.75) is 6.61 Å². The predicted octanol–water partition coefficient (Wildman–Crippen LogP) is 5.80. The van der Waals surface area contributed by atoms with Gasteiger partial charge in [0.2, 0.25) is 5.78 Å². The molecule has 0 radical (unpaired) electrons. The second-order valence-corrected chi connectivity index (χ2v) is 8.38. The molecule has 0 atom stereocenters. The van der Waals surface area contributed by atoms with E-state index in [0.29, 0.717) is 34.3 Å². The van der Waals surface area contributed by atoms with Crippen molar-refractivity contribution in [3.63, 3.8) is 0 Å². The van der Waals surface area contributed by atoms with Crippen molar-refractivity contribution in [3.8, 4) is 17.2 Å². The standard InChI is InChI=1S/C24H14BrClO6/c25-15-7-13(23-14(8-15)11-29-12-30-23)9-21-22(27)18-6-5-16(10-20(18)32-21)31-24(28)17-3-1-2-4-19(17)26/h1-10H,11-12H2/b21-9-. The summed E-state index contributed by atoms with van der Waals surface area (Å²) in [6.45, 7) is 0.556. The van der Waals surface area contributed by atoms with Crippen LogP contribution in [0.3, 0.4) is 0 Å². The summed E-state index contributed by atoms with van der Waals surface area (Å²) in [5.41, 5.74) is 2.19. The van der Waals surface area contributed by atoms with E-state index in [1.807, 2.05) is 12.1 Å². The summed E-state index contributed by atoms with van der Waals surface area (Å²) in [4.78, 5) is 25.3. The van der Waals surface area contributed by atoms with E-state index in [-0.39, 0.29) is 29.6 Å². The number of rotatable bonds is 3. The topological polar surface area (TPSA) is 71.1 Å². The van der Waals surface area contributed by atoms with E-state index in [0.717, 1.165) is 10.0 Å². The van der Waals surface area contributed by atoms with Gasteiger partial charge in [0.05, 0.1) is 22.8 Å². The second kappa shape index (κ2) is 8.43. The number of hydrogen-bond acceptors (Lipinski definition) is 6. The quantitative estimate of drug-likeness (QED) is 0.250. The van der Waals surface area contributed by atoms with Gasteiger partial charge in [-0.15, -0.1) is 0 Å². The summed E-state index contributed by atoms with van der Waals surface area (Å²) in [5, 5.41) is 0.292. The number of ketones is 1. The largest absolute Gasteiger partial charge is 0.467 e. The first-order valence-corrected chi connectivity index (χ1v) is 10.7. The number of allylic oxidation sites excluding steroid dienone is 1.